The lowest BCUT2D eigenvalue weighted by Crippen LogP contribution is -2.54. The molecular formula is C13H22N2O5S. The lowest BCUT2D eigenvalue weighted by atomic mass is 9.95. The quantitative estimate of drug-likeness (QED) is 0.798. The second kappa shape index (κ2) is 6.31. The minimum atomic E-state index is -3.39. The maximum Gasteiger partial charge on any atom is 0.306 e. The van der Waals surface area contributed by atoms with Crippen molar-refractivity contribution < 1.29 is 23.1 Å². The number of amides is 1. The van der Waals surface area contributed by atoms with Crippen molar-refractivity contribution in [1.82, 2.24) is 9.21 Å². The van der Waals surface area contributed by atoms with E-state index < -0.39 is 28.0 Å². The first-order chi connectivity index (χ1) is 9.80. The first kappa shape index (κ1) is 16.2. The van der Waals surface area contributed by atoms with Gasteiger partial charge in [0.1, 0.15) is 6.04 Å². The van der Waals surface area contributed by atoms with Crippen LogP contribution in [0.3, 0.4) is 0 Å². The predicted octanol–water partition coefficient (Wildman–Crippen LogP) is 0.124. The molecule has 2 aliphatic rings. The maximum atomic E-state index is 12.6. The number of hydrogen-bond acceptors (Lipinski definition) is 4. The van der Waals surface area contributed by atoms with Crippen molar-refractivity contribution in [3.8, 4) is 0 Å². The molecule has 7 nitrogen and oxygen atoms in total. The summed E-state index contributed by atoms with van der Waals surface area (Å²) in [6.07, 6.45) is 4.17. The Morgan fingerprint density at radius 1 is 1.05 bits per heavy atom. The third kappa shape index (κ3) is 3.74. The zero-order valence-corrected chi connectivity index (χ0v) is 13.0. The number of carboxylic acid groups (broad SMARTS) is 1. The first-order valence-corrected chi connectivity index (χ1v) is 9.14. The van der Waals surface area contributed by atoms with Gasteiger partial charge in [0.05, 0.1) is 12.2 Å². The third-order valence-electron chi connectivity index (χ3n) is 4.32. The van der Waals surface area contributed by atoms with Crippen LogP contribution in [0.15, 0.2) is 0 Å². The van der Waals surface area contributed by atoms with Crippen molar-refractivity contribution in [1.29, 1.82) is 0 Å². The second-order valence-corrected chi connectivity index (χ2v) is 7.76. The summed E-state index contributed by atoms with van der Waals surface area (Å²) in [6.45, 7) is 1.18. The number of piperidine rings is 2. The van der Waals surface area contributed by atoms with Crippen LogP contribution in [0.1, 0.15) is 32.1 Å². The summed E-state index contributed by atoms with van der Waals surface area (Å²) in [5, 5.41) is 8.97. The van der Waals surface area contributed by atoms with Crippen LogP contribution >= 0.6 is 0 Å². The highest BCUT2D eigenvalue weighted by molar-refractivity contribution is 7.88. The Morgan fingerprint density at radius 2 is 1.67 bits per heavy atom. The average molecular weight is 318 g/mol. The number of hydrogen-bond donors (Lipinski definition) is 1. The third-order valence-corrected chi connectivity index (χ3v) is 5.61. The summed E-state index contributed by atoms with van der Waals surface area (Å²) in [7, 11) is -3.39. The van der Waals surface area contributed by atoms with E-state index in [1.54, 1.807) is 4.90 Å². The molecule has 0 aliphatic carbocycles. The molecule has 0 aromatic heterocycles. The second-order valence-electron chi connectivity index (χ2n) is 5.82. The Morgan fingerprint density at radius 3 is 2.19 bits per heavy atom. The normalized spacial score (nSPS) is 25.8. The number of carbonyl (C=O) groups excluding carboxylic acids is 1. The van der Waals surface area contributed by atoms with E-state index in [9.17, 15) is 18.0 Å². The zero-order chi connectivity index (χ0) is 15.6. The number of carboxylic acids is 1. The fourth-order valence-corrected chi connectivity index (χ4v) is 4.22. The fraction of sp³-hybridized carbons (Fsp3) is 0.846. The van der Waals surface area contributed by atoms with Crippen LogP contribution in [0.4, 0.5) is 0 Å². The van der Waals surface area contributed by atoms with E-state index in [2.05, 4.69) is 0 Å². The number of sulfonamides is 1. The van der Waals surface area contributed by atoms with Crippen molar-refractivity contribution in [2.75, 3.05) is 25.9 Å². The van der Waals surface area contributed by atoms with Crippen LogP contribution in [0.5, 0.6) is 0 Å². The standard InChI is InChI=1S/C13H22N2O5S/c1-21(19,20)15-7-3-2-4-11(15)12(16)14-8-5-10(6-9-14)13(17)18/h10-11H,2-9H2,1H3,(H,17,18). The number of nitrogens with zero attached hydrogens (tertiary/aromatic N) is 2. The Bertz CT molecular complexity index is 511. The lowest BCUT2D eigenvalue weighted by molar-refractivity contribution is -0.146. The van der Waals surface area contributed by atoms with Gasteiger partial charge in [0.15, 0.2) is 0 Å². The van der Waals surface area contributed by atoms with Gasteiger partial charge in [-0.15, -0.1) is 0 Å². The fourth-order valence-electron chi connectivity index (χ4n) is 3.11. The van der Waals surface area contributed by atoms with Crippen LogP contribution in [0.25, 0.3) is 0 Å². The van der Waals surface area contributed by atoms with Crippen LogP contribution in [0.2, 0.25) is 0 Å². The molecular weight excluding hydrogens is 296 g/mol. The molecule has 1 amide bonds. The van der Waals surface area contributed by atoms with Gasteiger partial charge in [-0.1, -0.05) is 6.42 Å². The monoisotopic (exact) mass is 318 g/mol. The molecule has 21 heavy (non-hydrogen) atoms. The summed E-state index contributed by atoms with van der Waals surface area (Å²) in [5.41, 5.74) is 0. The van der Waals surface area contributed by atoms with Crippen molar-refractivity contribution in [2.24, 2.45) is 5.92 Å². The molecule has 1 atom stereocenters. The SMILES string of the molecule is CS(=O)(=O)N1CCCCC1C(=O)N1CCC(C(=O)O)CC1. The van der Waals surface area contributed by atoms with Crippen LogP contribution in [0, 0.1) is 5.92 Å². The molecule has 0 bridgehead atoms. The smallest absolute Gasteiger partial charge is 0.306 e. The van der Waals surface area contributed by atoms with Crippen LogP contribution in [-0.4, -0.2) is 66.5 Å². The van der Waals surface area contributed by atoms with Crippen LogP contribution < -0.4 is 0 Å². The van der Waals surface area contributed by atoms with E-state index in [1.807, 2.05) is 0 Å². The van der Waals surface area contributed by atoms with Gasteiger partial charge in [0.2, 0.25) is 15.9 Å². The molecule has 2 fully saturated rings. The summed E-state index contributed by atoms with van der Waals surface area (Å²) < 4.78 is 24.9. The Balaban J connectivity index is 2.03. The molecule has 2 rings (SSSR count). The Kier molecular flexibility index (Phi) is 4.88. The molecule has 2 saturated heterocycles. The van der Waals surface area contributed by atoms with Crippen molar-refractivity contribution in [3.63, 3.8) is 0 Å². The molecule has 2 heterocycles. The highest BCUT2D eigenvalue weighted by Crippen LogP contribution is 2.24. The Labute approximate surface area is 125 Å². The molecule has 1 unspecified atom stereocenters. The molecule has 0 aromatic rings. The van der Waals surface area contributed by atoms with Crippen LogP contribution in [-0.2, 0) is 19.6 Å². The average Bonchev–Trinajstić information content (AvgIpc) is 2.45. The van der Waals surface area contributed by atoms with Gasteiger partial charge >= 0.3 is 5.97 Å². The summed E-state index contributed by atoms with van der Waals surface area (Å²) in [5.74, 6) is -1.40. The van der Waals surface area contributed by atoms with Gasteiger partial charge < -0.3 is 10.0 Å². The molecule has 1 N–H and O–H groups in total. The van der Waals surface area contributed by atoms with E-state index in [0.29, 0.717) is 38.9 Å². The maximum absolute atomic E-state index is 12.6. The van der Waals surface area contributed by atoms with Gasteiger partial charge in [-0.25, -0.2) is 8.42 Å². The number of carbonyl (C=O) groups is 2. The number of rotatable bonds is 3. The highest BCUT2D eigenvalue weighted by Gasteiger charge is 2.38. The topological polar surface area (TPSA) is 95.0 Å². The molecule has 2 aliphatic heterocycles. The van der Waals surface area contributed by atoms with Crippen molar-refractivity contribution in [2.45, 2.75) is 38.1 Å². The molecule has 8 heteroatoms. The van der Waals surface area contributed by atoms with Crippen molar-refractivity contribution >= 4 is 21.9 Å². The largest absolute Gasteiger partial charge is 0.481 e. The predicted molar refractivity (Wildman–Crippen MR) is 76.1 cm³/mol. The number of likely N-dealkylation sites (tertiary alicyclic amines) is 1. The number of aliphatic carboxylic acids is 1. The van der Waals surface area contributed by atoms with Crippen molar-refractivity contribution in [3.05, 3.63) is 0 Å². The molecule has 0 saturated carbocycles. The summed E-state index contributed by atoms with van der Waals surface area (Å²) >= 11 is 0. The molecule has 0 aromatic carbocycles. The molecule has 0 spiro atoms. The van der Waals surface area contributed by atoms with Gasteiger partial charge in [-0.3, -0.25) is 9.59 Å². The Hall–Kier alpha value is -1.15. The van der Waals surface area contributed by atoms with E-state index >= 15 is 0 Å². The van der Waals surface area contributed by atoms with Gasteiger partial charge in [-0.2, -0.15) is 4.31 Å². The molecule has 0 radical (unpaired) electrons. The minimum Gasteiger partial charge on any atom is -0.481 e. The highest BCUT2D eigenvalue weighted by atomic mass is 32.2. The van der Waals surface area contributed by atoms with E-state index in [0.717, 1.165) is 19.1 Å². The summed E-state index contributed by atoms with van der Waals surface area (Å²) in [6, 6.07) is -0.616. The molecule has 120 valence electrons. The van der Waals surface area contributed by atoms with Gasteiger partial charge in [0.25, 0.3) is 0 Å². The lowest BCUT2D eigenvalue weighted by Gasteiger charge is -2.38. The van der Waals surface area contributed by atoms with E-state index in [4.69, 9.17) is 5.11 Å². The van der Waals surface area contributed by atoms with E-state index in [1.165, 1.54) is 4.31 Å². The minimum absolute atomic E-state index is 0.177. The first-order valence-electron chi connectivity index (χ1n) is 7.29. The zero-order valence-electron chi connectivity index (χ0n) is 12.2. The summed E-state index contributed by atoms with van der Waals surface area (Å²) in [4.78, 5) is 25.1. The van der Waals surface area contributed by atoms with Gasteiger partial charge in [0, 0.05) is 19.6 Å². The van der Waals surface area contributed by atoms with Gasteiger partial charge in [-0.05, 0) is 25.7 Å². The van der Waals surface area contributed by atoms with E-state index in [-0.39, 0.29) is 5.91 Å².